The van der Waals surface area contributed by atoms with Crippen molar-refractivity contribution in [3.8, 4) is 11.1 Å². The summed E-state index contributed by atoms with van der Waals surface area (Å²) < 4.78 is 0. The van der Waals surface area contributed by atoms with E-state index in [9.17, 15) is 14.7 Å². The summed E-state index contributed by atoms with van der Waals surface area (Å²) in [6.07, 6.45) is -0.959. The molecule has 0 aliphatic carbocycles. The predicted molar refractivity (Wildman–Crippen MR) is 135 cm³/mol. The first-order valence-electron chi connectivity index (χ1n) is 11.5. The number of aliphatic hydroxyl groups excluding tert-OH is 1. The number of oxime groups is 1. The zero-order chi connectivity index (χ0) is 25.0. The minimum atomic E-state index is -1.45. The van der Waals surface area contributed by atoms with E-state index in [1.54, 1.807) is 36.4 Å². The van der Waals surface area contributed by atoms with Crippen LogP contribution in [0.3, 0.4) is 0 Å². The lowest BCUT2D eigenvalue weighted by molar-refractivity contribution is -0.129. The summed E-state index contributed by atoms with van der Waals surface area (Å²) in [4.78, 5) is 32.9. The van der Waals surface area contributed by atoms with E-state index < -0.39 is 17.6 Å². The van der Waals surface area contributed by atoms with Gasteiger partial charge in [0.15, 0.2) is 0 Å². The van der Waals surface area contributed by atoms with E-state index in [-0.39, 0.29) is 25.3 Å². The highest BCUT2D eigenvalue weighted by molar-refractivity contribution is 6.07. The molecule has 1 fully saturated rings. The first kappa shape index (κ1) is 24.2. The van der Waals surface area contributed by atoms with E-state index in [0.717, 1.165) is 16.7 Å². The van der Waals surface area contributed by atoms with Crippen LogP contribution in [-0.4, -0.2) is 46.7 Å². The molecule has 7 heteroatoms. The van der Waals surface area contributed by atoms with Crippen molar-refractivity contribution >= 4 is 17.5 Å². The molecule has 0 spiro atoms. The van der Waals surface area contributed by atoms with Crippen molar-refractivity contribution in [1.82, 2.24) is 4.90 Å². The van der Waals surface area contributed by atoms with E-state index in [1.165, 1.54) is 12.0 Å². The summed E-state index contributed by atoms with van der Waals surface area (Å²) in [5, 5.41) is 15.0. The van der Waals surface area contributed by atoms with E-state index in [0.29, 0.717) is 16.8 Å². The Hall–Kier alpha value is -3.97. The average molecular weight is 472 g/mol. The van der Waals surface area contributed by atoms with Gasteiger partial charge in [-0.1, -0.05) is 71.9 Å². The van der Waals surface area contributed by atoms with Gasteiger partial charge in [0, 0.05) is 18.4 Å². The highest BCUT2D eigenvalue weighted by Crippen LogP contribution is 2.37. The number of rotatable bonds is 7. The van der Waals surface area contributed by atoms with Crippen LogP contribution in [0.4, 0.5) is 0 Å². The Bertz CT molecular complexity index is 1240. The van der Waals surface area contributed by atoms with Crippen molar-refractivity contribution in [3.63, 3.8) is 0 Å². The van der Waals surface area contributed by atoms with Gasteiger partial charge in [0.25, 0.3) is 5.91 Å². The Kier molecular flexibility index (Phi) is 6.98. The van der Waals surface area contributed by atoms with Crippen molar-refractivity contribution in [2.45, 2.75) is 31.4 Å². The normalized spacial score (nSPS) is 19.5. The van der Waals surface area contributed by atoms with E-state index in [2.05, 4.69) is 5.16 Å². The standard InChI is InChI=1S/C28H29N3O4/c1-19-8-6-7-11-24(19)20-12-14-22(15-13-20)26(33)31-18-23(30-35-2)16-28(31,27(29)34)17-25(32)21-9-4-3-5-10-21/h3-15,25,32H,16-18H2,1-2H3,(H2,29,34). The second-order valence-electron chi connectivity index (χ2n) is 8.83. The molecule has 180 valence electrons. The third-order valence-corrected chi connectivity index (χ3v) is 6.58. The molecule has 0 radical (unpaired) electrons. The zero-order valence-electron chi connectivity index (χ0n) is 19.8. The Morgan fingerprint density at radius 3 is 2.34 bits per heavy atom. The summed E-state index contributed by atoms with van der Waals surface area (Å²) >= 11 is 0. The van der Waals surface area contributed by atoms with Crippen LogP contribution in [0.5, 0.6) is 0 Å². The molecule has 3 aromatic rings. The molecule has 2 unspecified atom stereocenters. The molecule has 2 amide bonds. The lowest BCUT2D eigenvalue weighted by atomic mass is 9.85. The van der Waals surface area contributed by atoms with Gasteiger partial charge in [-0.05, 0) is 41.3 Å². The van der Waals surface area contributed by atoms with Gasteiger partial charge in [-0.15, -0.1) is 0 Å². The second-order valence-corrected chi connectivity index (χ2v) is 8.83. The minimum absolute atomic E-state index is 0.0535. The highest BCUT2D eigenvalue weighted by atomic mass is 16.6. The molecule has 1 aliphatic heterocycles. The van der Waals surface area contributed by atoms with Gasteiger partial charge < -0.3 is 20.6 Å². The van der Waals surface area contributed by atoms with Crippen molar-refractivity contribution in [1.29, 1.82) is 0 Å². The van der Waals surface area contributed by atoms with Gasteiger partial charge in [-0.25, -0.2) is 0 Å². The Balaban J connectivity index is 1.68. The molecule has 0 saturated carbocycles. The van der Waals surface area contributed by atoms with Crippen molar-refractivity contribution in [2.24, 2.45) is 10.9 Å². The summed E-state index contributed by atoms with van der Waals surface area (Å²) in [7, 11) is 1.41. The number of aliphatic hydroxyl groups is 1. The number of carbonyl (C=O) groups is 2. The first-order valence-corrected chi connectivity index (χ1v) is 11.5. The van der Waals surface area contributed by atoms with Crippen molar-refractivity contribution in [2.75, 3.05) is 13.7 Å². The summed E-state index contributed by atoms with van der Waals surface area (Å²) in [5.41, 5.74) is 9.23. The number of nitrogens with two attached hydrogens (primary N) is 1. The number of benzene rings is 3. The number of likely N-dealkylation sites (tertiary alicyclic amines) is 1. The topological polar surface area (TPSA) is 105 Å². The number of nitrogens with zero attached hydrogens (tertiary/aromatic N) is 2. The van der Waals surface area contributed by atoms with Crippen LogP contribution in [0.15, 0.2) is 84.0 Å². The number of primary amides is 1. The summed E-state index contributed by atoms with van der Waals surface area (Å²) in [6.45, 7) is 2.12. The Morgan fingerprint density at radius 2 is 1.71 bits per heavy atom. The summed E-state index contributed by atoms with van der Waals surface area (Å²) in [5.74, 6) is -1.06. The molecule has 1 heterocycles. The smallest absolute Gasteiger partial charge is 0.255 e. The maximum atomic E-state index is 13.7. The number of carbonyl (C=O) groups excluding carboxylic acids is 2. The van der Waals surface area contributed by atoms with Gasteiger partial charge >= 0.3 is 0 Å². The number of amides is 2. The molecule has 3 N–H and O–H groups in total. The minimum Gasteiger partial charge on any atom is -0.399 e. The molecule has 1 aliphatic rings. The molecular weight excluding hydrogens is 442 g/mol. The van der Waals surface area contributed by atoms with Gasteiger partial charge in [0.2, 0.25) is 5.91 Å². The fourth-order valence-electron chi connectivity index (χ4n) is 4.74. The van der Waals surface area contributed by atoms with Gasteiger partial charge in [0.1, 0.15) is 12.6 Å². The van der Waals surface area contributed by atoms with Crippen molar-refractivity contribution in [3.05, 3.63) is 95.6 Å². The number of hydrogen-bond donors (Lipinski definition) is 2. The maximum absolute atomic E-state index is 13.7. The Morgan fingerprint density at radius 1 is 1.06 bits per heavy atom. The predicted octanol–water partition coefficient (Wildman–Crippen LogP) is 3.86. The first-order chi connectivity index (χ1) is 16.9. The fraction of sp³-hybridized carbons (Fsp3) is 0.250. The van der Waals surface area contributed by atoms with Crippen LogP contribution in [0.25, 0.3) is 11.1 Å². The monoisotopic (exact) mass is 471 g/mol. The molecule has 35 heavy (non-hydrogen) atoms. The molecule has 3 aromatic carbocycles. The average Bonchev–Trinajstić information content (AvgIpc) is 3.24. The lowest BCUT2D eigenvalue weighted by Crippen LogP contribution is -2.56. The SMILES string of the molecule is CON=C1CN(C(=O)c2ccc(-c3ccccc3C)cc2)C(CC(O)c2ccccc2)(C(N)=O)C1. The lowest BCUT2D eigenvalue weighted by Gasteiger charge is -2.36. The van der Waals surface area contributed by atoms with Gasteiger partial charge in [-0.2, -0.15) is 0 Å². The second kappa shape index (κ2) is 10.1. The largest absolute Gasteiger partial charge is 0.399 e. The van der Waals surface area contributed by atoms with Crippen molar-refractivity contribution < 1.29 is 19.5 Å². The van der Waals surface area contributed by atoms with E-state index >= 15 is 0 Å². The third kappa shape index (κ3) is 4.81. The summed E-state index contributed by atoms with van der Waals surface area (Å²) in [6, 6.07) is 24.3. The van der Waals surface area contributed by atoms with Crippen LogP contribution in [0, 0.1) is 6.92 Å². The molecule has 0 aromatic heterocycles. The van der Waals surface area contributed by atoms with Crippen LogP contribution >= 0.6 is 0 Å². The molecule has 4 rings (SSSR count). The van der Waals surface area contributed by atoms with Crippen LogP contribution < -0.4 is 5.73 Å². The third-order valence-electron chi connectivity index (χ3n) is 6.58. The quantitative estimate of drug-likeness (QED) is 0.511. The zero-order valence-corrected chi connectivity index (χ0v) is 19.8. The van der Waals surface area contributed by atoms with Crippen LogP contribution in [0.2, 0.25) is 0 Å². The molecular formula is C28H29N3O4. The van der Waals surface area contributed by atoms with Crippen LogP contribution in [-0.2, 0) is 9.63 Å². The molecule has 2 atom stereocenters. The molecule has 0 bridgehead atoms. The fourth-order valence-corrected chi connectivity index (χ4v) is 4.74. The van der Waals surface area contributed by atoms with E-state index in [1.807, 2.05) is 49.4 Å². The molecule has 1 saturated heterocycles. The Labute approximate surface area is 204 Å². The van der Waals surface area contributed by atoms with Gasteiger partial charge in [0.05, 0.1) is 18.4 Å². The van der Waals surface area contributed by atoms with Gasteiger partial charge in [-0.3, -0.25) is 9.59 Å². The maximum Gasteiger partial charge on any atom is 0.255 e. The molecule has 7 nitrogen and oxygen atoms in total. The highest BCUT2D eigenvalue weighted by Gasteiger charge is 2.52. The van der Waals surface area contributed by atoms with E-state index in [4.69, 9.17) is 10.6 Å². The van der Waals surface area contributed by atoms with Crippen LogP contribution in [0.1, 0.15) is 40.4 Å². The number of aryl methyl sites for hydroxylation is 1. The number of hydrogen-bond acceptors (Lipinski definition) is 5.